The SMILES string of the molecule is NC1CCC2CN(Cc3coc(-c4ccc(Cl)cc4)n3)CC12. The molecule has 5 heteroatoms. The lowest BCUT2D eigenvalue weighted by atomic mass is 9.98. The lowest BCUT2D eigenvalue weighted by Gasteiger charge is -2.16. The van der Waals surface area contributed by atoms with Gasteiger partial charge in [-0.15, -0.1) is 0 Å². The third kappa shape index (κ3) is 2.67. The number of likely N-dealkylation sites (tertiary alicyclic amines) is 1. The van der Waals surface area contributed by atoms with Crippen molar-refractivity contribution in [1.29, 1.82) is 0 Å². The van der Waals surface area contributed by atoms with Crippen LogP contribution in [0.2, 0.25) is 5.02 Å². The first-order valence-electron chi connectivity index (χ1n) is 7.87. The minimum absolute atomic E-state index is 0.386. The largest absolute Gasteiger partial charge is 0.444 e. The quantitative estimate of drug-likeness (QED) is 0.944. The van der Waals surface area contributed by atoms with Gasteiger partial charge in [0, 0.05) is 36.3 Å². The van der Waals surface area contributed by atoms with Gasteiger partial charge in [-0.2, -0.15) is 0 Å². The second-order valence-corrected chi connectivity index (χ2v) is 6.95. The molecular formula is C17H20ClN3O. The smallest absolute Gasteiger partial charge is 0.226 e. The van der Waals surface area contributed by atoms with E-state index in [4.69, 9.17) is 21.8 Å². The molecule has 1 saturated heterocycles. The van der Waals surface area contributed by atoms with Crippen LogP contribution >= 0.6 is 11.6 Å². The Morgan fingerprint density at radius 2 is 2.05 bits per heavy atom. The molecular weight excluding hydrogens is 298 g/mol. The molecule has 2 aromatic rings. The molecule has 4 rings (SSSR count). The molecule has 22 heavy (non-hydrogen) atoms. The summed E-state index contributed by atoms with van der Waals surface area (Å²) in [5.74, 6) is 2.10. The minimum Gasteiger partial charge on any atom is -0.444 e. The van der Waals surface area contributed by atoms with Gasteiger partial charge in [-0.1, -0.05) is 11.6 Å². The fourth-order valence-corrected chi connectivity index (χ4v) is 3.99. The van der Waals surface area contributed by atoms with Crippen LogP contribution in [0.1, 0.15) is 18.5 Å². The Morgan fingerprint density at radius 1 is 1.23 bits per heavy atom. The average molecular weight is 318 g/mol. The zero-order valence-electron chi connectivity index (χ0n) is 12.4. The summed E-state index contributed by atoms with van der Waals surface area (Å²) in [5.41, 5.74) is 8.14. The fourth-order valence-electron chi connectivity index (χ4n) is 3.86. The molecule has 2 heterocycles. The van der Waals surface area contributed by atoms with E-state index < -0.39 is 0 Å². The van der Waals surface area contributed by atoms with E-state index in [9.17, 15) is 0 Å². The monoisotopic (exact) mass is 317 g/mol. The number of halogens is 1. The molecule has 0 amide bonds. The van der Waals surface area contributed by atoms with Crippen molar-refractivity contribution in [1.82, 2.24) is 9.88 Å². The molecule has 1 aliphatic carbocycles. The van der Waals surface area contributed by atoms with Gasteiger partial charge >= 0.3 is 0 Å². The molecule has 0 spiro atoms. The zero-order chi connectivity index (χ0) is 15.1. The van der Waals surface area contributed by atoms with E-state index in [1.54, 1.807) is 6.26 Å². The van der Waals surface area contributed by atoms with Crippen molar-refractivity contribution in [3.05, 3.63) is 41.2 Å². The van der Waals surface area contributed by atoms with Crippen LogP contribution in [-0.4, -0.2) is 29.0 Å². The summed E-state index contributed by atoms with van der Waals surface area (Å²) < 4.78 is 5.61. The lowest BCUT2D eigenvalue weighted by Crippen LogP contribution is -2.30. The number of nitrogens with two attached hydrogens (primary N) is 1. The maximum absolute atomic E-state index is 6.20. The highest BCUT2D eigenvalue weighted by Gasteiger charge is 2.40. The number of benzene rings is 1. The Morgan fingerprint density at radius 3 is 2.82 bits per heavy atom. The molecule has 2 fully saturated rings. The van der Waals surface area contributed by atoms with Crippen LogP contribution < -0.4 is 5.73 Å². The fraction of sp³-hybridized carbons (Fsp3) is 0.471. The van der Waals surface area contributed by atoms with Gasteiger partial charge in [0.15, 0.2) is 0 Å². The summed E-state index contributed by atoms with van der Waals surface area (Å²) >= 11 is 5.91. The number of hydrogen-bond acceptors (Lipinski definition) is 4. The highest BCUT2D eigenvalue weighted by molar-refractivity contribution is 6.30. The standard InChI is InChI=1S/C17H20ClN3O/c18-13-4-1-11(2-5-13)17-20-14(10-22-17)8-21-7-12-3-6-16(19)15(12)9-21/h1-2,4-5,10,12,15-16H,3,6-9,19H2. The van der Waals surface area contributed by atoms with Gasteiger partial charge in [-0.3, -0.25) is 4.90 Å². The van der Waals surface area contributed by atoms with Crippen LogP contribution in [0.4, 0.5) is 0 Å². The second-order valence-electron chi connectivity index (χ2n) is 6.51. The lowest BCUT2D eigenvalue weighted by molar-refractivity contribution is 0.294. The van der Waals surface area contributed by atoms with Crippen LogP contribution in [0.15, 0.2) is 34.9 Å². The highest BCUT2D eigenvalue weighted by Crippen LogP contribution is 2.37. The van der Waals surface area contributed by atoms with E-state index in [1.807, 2.05) is 24.3 Å². The first kappa shape index (κ1) is 14.2. The van der Waals surface area contributed by atoms with Gasteiger partial charge in [0.05, 0.1) is 5.69 Å². The summed E-state index contributed by atoms with van der Waals surface area (Å²) in [7, 11) is 0. The van der Waals surface area contributed by atoms with Gasteiger partial charge < -0.3 is 10.2 Å². The summed E-state index contributed by atoms with van der Waals surface area (Å²) in [6.45, 7) is 3.08. The molecule has 1 aromatic carbocycles. The summed E-state index contributed by atoms with van der Waals surface area (Å²) in [6, 6.07) is 7.94. The first-order chi connectivity index (χ1) is 10.7. The highest BCUT2D eigenvalue weighted by atomic mass is 35.5. The minimum atomic E-state index is 0.386. The molecule has 3 unspecified atom stereocenters. The van der Waals surface area contributed by atoms with Crippen molar-refractivity contribution < 1.29 is 4.42 Å². The van der Waals surface area contributed by atoms with Crippen molar-refractivity contribution in [3.63, 3.8) is 0 Å². The number of fused-ring (bicyclic) bond motifs is 1. The van der Waals surface area contributed by atoms with Crippen LogP contribution in [0, 0.1) is 11.8 Å². The molecule has 2 aliphatic rings. The third-order valence-corrected chi connectivity index (χ3v) is 5.27. The van der Waals surface area contributed by atoms with Gasteiger partial charge in [-0.25, -0.2) is 4.98 Å². The van der Waals surface area contributed by atoms with E-state index in [0.29, 0.717) is 17.9 Å². The van der Waals surface area contributed by atoms with E-state index in [0.717, 1.165) is 41.8 Å². The van der Waals surface area contributed by atoms with Gasteiger partial charge in [0.1, 0.15) is 6.26 Å². The Bertz CT molecular complexity index is 654. The van der Waals surface area contributed by atoms with Crippen LogP contribution in [0.3, 0.4) is 0 Å². The first-order valence-corrected chi connectivity index (χ1v) is 8.25. The van der Waals surface area contributed by atoms with Gasteiger partial charge in [0.25, 0.3) is 0 Å². The van der Waals surface area contributed by atoms with Gasteiger partial charge in [-0.05, 0) is 48.9 Å². The topological polar surface area (TPSA) is 55.3 Å². The maximum Gasteiger partial charge on any atom is 0.226 e. The van der Waals surface area contributed by atoms with Crippen LogP contribution in [-0.2, 0) is 6.54 Å². The molecule has 116 valence electrons. The average Bonchev–Trinajstić information content (AvgIpc) is 3.19. The van der Waals surface area contributed by atoms with Crippen molar-refractivity contribution in [2.75, 3.05) is 13.1 Å². The van der Waals surface area contributed by atoms with Crippen molar-refractivity contribution in [3.8, 4) is 11.5 Å². The summed E-state index contributed by atoms with van der Waals surface area (Å²) in [6.07, 6.45) is 4.23. The molecule has 4 nitrogen and oxygen atoms in total. The Labute approximate surface area is 135 Å². The molecule has 1 aliphatic heterocycles. The van der Waals surface area contributed by atoms with E-state index in [-0.39, 0.29) is 0 Å². The maximum atomic E-state index is 6.20. The van der Waals surface area contributed by atoms with E-state index >= 15 is 0 Å². The van der Waals surface area contributed by atoms with Gasteiger partial charge in [0.2, 0.25) is 5.89 Å². The number of oxazole rings is 1. The van der Waals surface area contributed by atoms with Crippen molar-refractivity contribution in [2.45, 2.75) is 25.4 Å². The molecule has 2 N–H and O–H groups in total. The van der Waals surface area contributed by atoms with Crippen LogP contribution in [0.25, 0.3) is 11.5 Å². The summed E-state index contributed by atoms with van der Waals surface area (Å²) in [5, 5.41) is 0.718. The molecule has 1 aromatic heterocycles. The third-order valence-electron chi connectivity index (χ3n) is 5.02. The van der Waals surface area contributed by atoms with Crippen LogP contribution in [0.5, 0.6) is 0 Å². The Kier molecular flexibility index (Phi) is 3.68. The molecule has 0 bridgehead atoms. The predicted octanol–water partition coefficient (Wildman–Crippen LogP) is 3.16. The molecule has 0 radical (unpaired) electrons. The number of rotatable bonds is 3. The van der Waals surface area contributed by atoms with Crippen molar-refractivity contribution >= 4 is 11.6 Å². The van der Waals surface area contributed by atoms with E-state index in [2.05, 4.69) is 9.88 Å². The Balaban J connectivity index is 1.43. The van der Waals surface area contributed by atoms with Crippen molar-refractivity contribution in [2.24, 2.45) is 17.6 Å². The van der Waals surface area contributed by atoms with E-state index in [1.165, 1.54) is 12.8 Å². The normalized spacial score (nSPS) is 28.2. The molecule has 1 saturated carbocycles. The number of nitrogens with zero attached hydrogens (tertiary/aromatic N) is 2. The number of aromatic nitrogens is 1. The zero-order valence-corrected chi connectivity index (χ0v) is 13.2. The second kappa shape index (κ2) is 5.69. The Hall–Kier alpha value is -1.36. The summed E-state index contributed by atoms with van der Waals surface area (Å²) in [4.78, 5) is 7.06. The predicted molar refractivity (Wildman–Crippen MR) is 86.4 cm³/mol. The molecule has 3 atom stereocenters. The number of hydrogen-bond donors (Lipinski definition) is 1.